The van der Waals surface area contributed by atoms with Crippen molar-refractivity contribution in [3.63, 3.8) is 0 Å². The van der Waals surface area contributed by atoms with Gasteiger partial charge in [0.05, 0.1) is 7.11 Å². The number of anilines is 1. The molecule has 0 unspecified atom stereocenters. The molecule has 1 aromatic rings. The lowest BCUT2D eigenvalue weighted by Crippen LogP contribution is -1.93. The number of rotatable bonds is 2. The summed E-state index contributed by atoms with van der Waals surface area (Å²) in [5, 5.41) is 2.92. The first-order valence-electron chi connectivity index (χ1n) is 3.16. The molecule has 0 aromatic carbocycles. The molecular weight excluding hydrogens is 208 g/mol. The zero-order valence-corrected chi connectivity index (χ0v) is 7.97. The second-order valence-corrected chi connectivity index (χ2v) is 2.69. The van der Waals surface area contributed by atoms with Crippen molar-refractivity contribution < 1.29 is 4.74 Å². The maximum Gasteiger partial charge on any atom is 0.151 e. The van der Waals surface area contributed by atoms with Crippen molar-refractivity contribution >= 4 is 21.7 Å². The molecule has 0 saturated carbocycles. The van der Waals surface area contributed by atoms with Crippen molar-refractivity contribution in [3.05, 3.63) is 16.7 Å². The van der Waals surface area contributed by atoms with Crippen LogP contribution in [0.2, 0.25) is 0 Å². The lowest BCUT2D eigenvalue weighted by atomic mass is 10.4. The van der Waals surface area contributed by atoms with Gasteiger partial charge in [0.25, 0.3) is 0 Å². The molecular formula is C7H9BrN2O. The van der Waals surface area contributed by atoms with Crippen LogP contribution in [0.1, 0.15) is 0 Å². The summed E-state index contributed by atoms with van der Waals surface area (Å²) in [5.41, 5.74) is 0. The van der Waals surface area contributed by atoms with Crippen molar-refractivity contribution in [1.29, 1.82) is 0 Å². The minimum absolute atomic E-state index is 0.715. The third-order valence-corrected chi connectivity index (χ3v) is 1.86. The van der Waals surface area contributed by atoms with E-state index in [4.69, 9.17) is 4.74 Å². The van der Waals surface area contributed by atoms with Gasteiger partial charge in [0, 0.05) is 7.05 Å². The molecule has 0 atom stereocenters. The SMILES string of the molecule is CNc1ccc(OC)c(Br)n1. The summed E-state index contributed by atoms with van der Waals surface area (Å²) in [6.07, 6.45) is 0. The summed E-state index contributed by atoms with van der Waals surface area (Å²) in [4.78, 5) is 4.14. The Hall–Kier alpha value is -0.770. The Morgan fingerprint density at radius 3 is 2.73 bits per heavy atom. The molecule has 0 aliphatic heterocycles. The number of hydrogen-bond donors (Lipinski definition) is 1. The highest BCUT2D eigenvalue weighted by molar-refractivity contribution is 9.10. The summed E-state index contributed by atoms with van der Waals surface area (Å²) in [6, 6.07) is 3.70. The van der Waals surface area contributed by atoms with E-state index in [2.05, 4.69) is 26.2 Å². The van der Waals surface area contributed by atoms with Gasteiger partial charge in [-0.05, 0) is 28.1 Å². The summed E-state index contributed by atoms with van der Waals surface area (Å²) in [7, 11) is 3.43. The fraction of sp³-hybridized carbons (Fsp3) is 0.286. The fourth-order valence-corrected chi connectivity index (χ4v) is 1.20. The van der Waals surface area contributed by atoms with Gasteiger partial charge in [-0.3, -0.25) is 0 Å². The Bertz CT molecular complexity index is 252. The lowest BCUT2D eigenvalue weighted by Gasteiger charge is -2.03. The predicted octanol–water partition coefficient (Wildman–Crippen LogP) is 1.89. The first kappa shape index (κ1) is 8.33. The Balaban J connectivity index is 2.99. The largest absolute Gasteiger partial charge is 0.494 e. The Kier molecular flexibility index (Phi) is 2.70. The van der Waals surface area contributed by atoms with Crippen LogP contribution in [0.4, 0.5) is 5.82 Å². The van der Waals surface area contributed by atoms with Crippen LogP contribution in [0.15, 0.2) is 16.7 Å². The van der Waals surface area contributed by atoms with E-state index in [1.165, 1.54) is 0 Å². The number of hydrogen-bond acceptors (Lipinski definition) is 3. The maximum atomic E-state index is 5.01. The number of nitrogens with one attached hydrogen (secondary N) is 1. The number of aromatic nitrogens is 1. The number of methoxy groups -OCH3 is 1. The van der Waals surface area contributed by atoms with Gasteiger partial charge < -0.3 is 10.1 Å². The van der Waals surface area contributed by atoms with E-state index in [1.807, 2.05) is 19.2 Å². The molecule has 0 saturated heterocycles. The molecule has 4 heteroatoms. The maximum absolute atomic E-state index is 5.01. The van der Waals surface area contributed by atoms with Crippen LogP contribution in [0, 0.1) is 0 Å². The molecule has 1 aromatic heterocycles. The number of nitrogens with zero attached hydrogens (tertiary/aromatic N) is 1. The van der Waals surface area contributed by atoms with Gasteiger partial charge in [0.2, 0.25) is 0 Å². The molecule has 0 amide bonds. The quantitative estimate of drug-likeness (QED) is 0.768. The zero-order chi connectivity index (χ0) is 8.27. The molecule has 1 heterocycles. The van der Waals surface area contributed by atoms with Gasteiger partial charge in [-0.1, -0.05) is 0 Å². The van der Waals surface area contributed by atoms with Gasteiger partial charge in [0.15, 0.2) is 5.75 Å². The molecule has 0 fully saturated rings. The second kappa shape index (κ2) is 3.57. The molecule has 0 aliphatic carbocycles. The average molecular weight is 217 g/mol. The zero-order valence-electron chi connectivity index (χ0n) is 6.39. The van der Waals surface area contributed by atoms with Gasteiger partial charge in [-0.2, -0.15) is 0 Å². The molecule has 1 rings (SSSR count). The van der Waals surface area contributed by atoms with Crippen LogP contribution in [-0.4, -0.2) is 19.1 Å². The summed E-state index contributed by atoms with van der Waals surface area (Å²) < 4.78 is 5.72. The highest BCUT2D eigenvalue weighted by Crippen LogP contribution is 2.23. The van der Waals surface area contributed by atoms with Crippen LogP contribution in [0.5, 0.6) is 5.75 Å². The first-order chi connectivity index (χ1) is 5.27. The van der Waals surface area contributed by atoms with E-state index in [0.29, 0.717) is 4.60 Å². The normalized spacial score (nSPS) is 9.36. The van der Waals surface area contributed by atoms with Crippen LogP contribution in [-0.2, 0) is 0 Å². The third-order valence-electron chi connectivity index (χ3n) is 1.29. The van der Waals surface area contributed by atoms with Crippen LogP contribution >= 0.6 is 15.9 Å². The molecule has 11 heavy (non-hydrogen) atoms. The van der Waals surface area contributed by atoms with Crippen molar-refractivity contribution in [2.75, 3.05) is 19.5 Å². The monoisotopic (exact) mass is 216 g/mol. The van der Waals surface area contributed by atoms with E-state index in [-0.39, 0.29) is 0 Å². The van der Waals surface area contributed by atoms with Crippen LogP contribution < -0.4 is 10.1 Å². The highest BCUT2D eigenvalue weighted by atomic mass is 79.9. The second-order valence-electron chi connectivity index (χ2n) is 1.94. The topological polar surface area (TPSA) is 34.1 Å². The summed E-state index contributed by atoms with van der Waals surface area (Å²) in [6.45, 7) is 0. The van der Waals surface area contributed by atoms with Crippen LogP contribution in [0.3, 0.4) is 0 Å². The summed E-state index contributed by atoms with van der Waals surface area (Å²) >= 11 is 3.27. The molecule has 0 radical (unpaired) electrons. The third kappa shape index (κ3) is 1.83. The Morgan fingerprint density at radius 1 is 1.55 bits per heavy atom. The van der Waals surface area contributed by atoms with Gasteiger partial charge >= 0.3 is 0 Å². The molecule has 3 nitrogen and oxygen atoms in total. The molecule has 60 valence electrons. The Morgan fingerprint density at radius 2 is 2.27 bits per heavy atom. The van der Waals surface area contributed by atoms with E-state index in [1.54, 1.807) is 7.11 Å². The minimum atomic E-state index is 0.715. The Labute approximate surface area is 73.9 Å². The van der Waals surface area contributed by atoms with Gasteiger partial charge in [-0.15, -0.1) is 0 Å². The standard InChI is InChI=1S/C7H9BrN2O/c1-9-6-4-3-5(11-2)7(8)10-6/h3-4H,1-2H3,(H,9,10). The van der Waals surface area contributed by atoms with Crippen molar-refractivity contribution in [2.45, 2.75) is 0 Å². The van der Waals surface area contributed by atoms with Gasteiger partial charge in [0.1, 0.15) is 10.4 Å². The number of ether oxygens (including phenoxy) is 1. The molecule has 0 spiro atoms. The molecule has 1 N–H and O–H groups in total. The van der Waals surface area contributed by atoms with E-state index in [9.17, 15) is 0 Å². The van der Waals surface area contributed by atoms with Gasteiger partial charge in [-0.25, -0.2) is 4.98 Å². The van der Waals surface area contributed by atoms with Crippen molar-refractivity contribution in [2.24, 2.45) is 0 Å². The summed E-state index contributed by atoms with van der Waals surface area (Å²) in [5.74, 6) is 1.56. The molecule has 0 aliphatic rings. The van der Waals surface area contributed by atoms with E-state index >= 15 is 0 Å². The lowest BCUT2D eigenvalue weighted by molar-refractivity contribution is 0.410. The van der Waals surface area contributed by atoms with E-state index < -0.39 is 0 Å². The van der Waals surface area contributed by atoms with Crippen LogP contribution in [0.25, 0.3) is 0 Å². The molecule has 0 bridgehead atoms. The predicted molar refractivity (Wildman–Crippen MR) is 48.0 cm³/mol. The van der Waals surface area contributed by atoms with Crippen molar-refractivity contribution in [3.8, 4) is 5.75 Å². The smallest absolute Gasteiger partial charge is 0.151 e. The van der Waals surface area contributed by atoms with Crippen molar-refractivity contribution in [1.82, 2.24) is 4.98 Å². The average Bonchev–Trinajstić information content (AvgIpc) is 2.04. The van der Waals surface area contributed by atoms with E-state index in [0.717, 1.165) is 11.6 Å². The fourth-order valence-electron chi connectivity index (χ4n) is 0.713. The highest BCUT2D eigenvalue weighted by Gasteiger charge is 2.00. The first-order valence-corrected chi connectivity index (χ1v) is 3.95. The minimum Gasteiger partial charge on any atom is -0.494 e. The number of halogens is 1. The number of pyridine rings is 1.